The maximum atomic E-state index is 12.7. The van der Waals surface area contributed by atoms with Crippen molar-refractivity contribution in [2.45, 2.75) is 17.9 Å². The maximum Gasteiger partial charge on any atom is 0.255 e. The highest BCUT2D eigenvalue weighted by Crippen LogP contribution is 2.26. The molecule has 0 saturated carbocycles. The molecule has 0 heterocycles. The third-order valence-electron chi connectivity index (χ3n) is 3.59. The molecule has 2 aromatic carbocycles. The molecule has 0 N–H and O–H groups in total. The standard InChI is InChI=1S/C17H18ClNOS/c1-12(13-8-10-14(18)11-9-13)19(2)17(20)15-6-4-5-7-16(15)21-3/h4-12H,1-3H3. The zero-order valence-corrected chi connectivity index (χ0v) is 13.9. The molecule has 2 nitrogen and oxygen atoms in total. The molecule has 21 heavy (non-hydrogen) atoms. The number of carbonyl (C=O) groups excluding carboxylic acids is 1. The van der Waals surface area contributed by atoms with Crippen molar-refractivity contribution >= 4 is 29.3 Å². The summed E-state index contributed by atoms with van der Waals surface area (Å²) in [4.78, 5) is 15.5. The molecule has 2 rings (SSSR count). The Morgan fingerprint density at radius 3 is 2.38 bits per heavy atom. The maximum absolute atomic E-state index is 12.7. The first-order valence-corrected chi connectivity index (χ1v) is 8.30. The number of nitrogens with zero attached hydrogens (tertiary/aromatic N) is 1. The fourth-order valence-corrected chi connectivity index (χ4v) is 2.87. The van der Waals surface area contributed by atoms with Crippen molar-refractivity contribution in [3.8, 4) is 0 Å². The molecule has 0 aromatic heterocycles. The molecule has 4 heteroatoms. The van der Waals surface area contributed by atoms with Crippen LogP contribution in [0.2, 0.25) is 5.02 Å². The average molecular weight is 320 g/mol. The van der Waals surface area contributed by atoms with Crippen LogP contribution in [0.5, 0.6) is 0 Å². The SMILES string of the molecule is CSc1ccccc1C(=O)N(C)C(C)c1ccc(Cl)cc1. The highest BCUT2D eigenvalue weighted by Gasteiger charge is 2.20. The fraction of sp³-hybridized carbons (Fsp3) is 0.235. The summed E-state index contributed by atoms with van der Waals surface area (Å²) in [6.07, 6.45) is 1.98. The van der Waals surface area contributed by atoms with Crippen LogP contribution >= 0.6 is 23.4 Å². The van der Waals surface area contributed by atoms with E-state index in [2.05, 4.69) is 0 Å². The van der Waals surface area contributed by atoms with Crippen LogP contribution in [0.3, 0.4) is 0 Å². The molecular formula is C17H18ClNOS. The van der Waals surface area contributed by atoms with Crippen LogP contribution in [-0.4, -0.2) is 24.1 Å². The van der Waals surface area contributed by atoms with Gasteiger partial charge in [0.25, 0.3) is 5.91 Å². The van der Waals surface area contributed by atoms with Crippen LogP contribution in [0, 0.1) is 0 Å². The van der Waals surface area contributed by atoms with E-state index in [0.29, 0.717) is 5.02 Å². The van der Waals surface area contributed by atoms with Gasteiger partial charge in [0.15, 0.2) is 0 Å². The van der Waals surface area contributed by atoms with Crippen molar-refractivity contribution in [2.24, 2.45) is 0 Å². The van der Waals surface area contributed by atoms with Crippen molar-refractivity contribution in [3.05, 3.63) is 64.7 Å². The molecule has 0 spiro atoms. The molecule has 0 radical (unpaired) electrons. The number of thioether (sulfide) groups is 1. The molecule has 110 valence electrons. The van der Waals surface area contributed by atoms with Gasteiger partial charge in [-0.25, -0.2) is 0 Å². The third-order valence-corrected chi connectivity index (χ3v) is 4.64. The van der Waals surface area contributed by atoms with E-state index in [-0.39, 0.29) is 11.9 Å². The Hall–Kier alpha value is -1.45. The Labute approximate surface area is 135 Å². The second-order valence-corrected chi connectivity index (χ2v) is 6.13. The Kier molecular flexibility index (Phi) is 5.32. The minimum absolute atomic E-state index is 0.00956. The highest BCUT2D eigenvalue weighted by molar-refractivity contribution is 7.98. The van der Waals surface area contributed by atoms with Crippen LogP contribution < -0.4 is 0 Å². The third kappa shape index (κ3) is 3.60. The van der Waals surface area contributed by atoms with E-state index in [0.717, 1.165) is 16.0 Å². The Morgan fingerprint density at radius 1 is 1.14 bits per heavy atom. The quantitative estimate of drug-likeness (QED) is 0.747. The Bertz CT molecular complexity index is 627. The average Bonchev–Trinajstić information content (AvgIpc) is 2.53. The summed E-state index contributed by atoms with van der Waals surface area (Å²) in [5, 5.41) is 0.702. The molecule has 2 aromatic rings. The topological polar surface area (TPSA) is 20.3 Å². The first-order chi connectivity index (χ1) is 10.0. The van der Waals surface area contributed by atoms with Gasteiger partial charge in [-0.3, -0.25) is 4.79 Å². The van der Waals surface area contributed by atoms with E-state index in [1.165, 1.54) is 0 Å². The minimum Gasteiger partial charge on any atom is -0.335 e. The number of hydrogen-bond donors (Lipinski definition) is 0. The van der Waals surface area contributed by atoms with Gasteiger partial charge >= 0.3 is 0 Å². The second-order valence-electron chi connectivity index (χ2n) is 4.84. The lowest BCUT2D eigenvalue weighted by molar-refractivity contribution is 0.0739. The van der Waals surface area contributed by atoms with Crippen LogP contribution in [0.1, 0.15) is 28.9 Å². The van der Waals surface area contributed by atoms with Crippen molar-refractivity contribution in [1.82, 2.24) is 4.90 Å². The van der Waals surface area contributed by atoms with E-state index < -0.39 is 0 Å². The van der Waals surface area contributed by atoms with Gasteiger partial charge < -0.3 is 4.90 Å². The number of halogens is 1. The molecule has 0 aliphatic rings. The Balaban J connectivity index is 2.24. The summed E-state index contributed by atoms with van der Waals surface area (Å²) >= 11 is 7.50. The lowest BCUT2D eigenvalue weighted by Crippen LogP contribution is -2.30. The van der Waals surface area contributed by atoms with Gasteiger partial charge in [-0.05, 0) is 43.0 Å². The fourth-order valence-electron chi connectivity index (χ4n) is 2.15. The summed E-state index contributed by atoms with van der Waals surface area (Å²) in [7, 11) is 1.83. The summed E-state index contributed by atoms with van der Waals surface area (Å²) in [6, 6.07) is 15.3. The van der Waals surface area contributed by atoms with Crippen LogP contribution in [0.4, 0.5) is 0 Å². The number of rotatable bonds is 4. The first-order valence-electron chi connectivity index (χ1n) is 6.70. The predicted molar refractivity (Wildman–Crippen MR) is 90.2 cm³/mol. The van der Waals surface area contributed by atoms with E-state index in [9.17, 15) is 4.79 Å². The highest BCUT2D eigenvalue weighted by atomic mass is 35.5. The number of hydrogen-bond acceptors (Lipinski definition) is 2. The lowest BCUT2D eigenvalue weighted by Gasteiger charge is -2.26. The van der Waals surface area contributed by atoms with Gasteiger partial charge in [0.05, 0.1) is 11.6 Å². The molecule has 1 unspecified atom stereocenters. The summed E-state index contributed by atoms with van der Waals surface area (Å²) < 4.78 is 0. The van der Waals surface area contributed by atoms with Gasteiger partial charge in [0.1, 0.15) is 0 Å². The number of carbonyl (C=O) groups is 1. The van der Waals surface area contributed by atoms with Crippen LogP contribution in [-0.2, 0) is 0 Å². The van der Waals surface area contributed by atoms with Gasteiger partial charge in [0, 0.05) is 17.0 Å². The van der Waals surface area contributed by atoms with Gasteiger partial charge in [-0.15, -0.1) is 11.8 Å². The van der Waals surface area contributed by atoms with E-state index in [1.54, 1.807) is 16.7 Å². The first kappa shape index (κ1) is 15.9. The molecule has 1 amide bonds. The molecule has 0 bridgehead atoms. The van der Waals surface area contributed by atoms with Crippen molar-refractivity contribution < 1.29 is 4.79 Å². The monoisotopic (exact) mass is 319 g/mol. The lowest BCUT2D eigenvalue weighted by atomic mass is 10.1. The second kappa shape index (κ2) is 7.01. The van der Waals surface area contributed by atoms with Crippen LogP contribution in [0.15, 0.2) is 53.4 Å². The van der Waals surface area contributed by atoms with Gasteiger partial charge in [-0.1, -0.05) is 35.9 Å². The summed E-state index contributed by atoms with van der Waals surface area (Å²) in [5.74, 6) is 0.0300. The van der Waals surface area contributed by atoms with Crippen LogP contribution in [0.25, 0.3) is 0 Å². The zero-order valence-electron chi connectivity index (χ0n) is 12.3. The Morgan fingerprint density at radius 2 is 1.76 bits per heavy atom. The van der Waals surface area contributed by atoms with Gasteiger partial charge in [0.2, 0.25) is 0 Å². The largest absolute Gasteiger partial charge is 0.335 e. The summed E-state index contributed by atoms with van der Waals surface area (Å²) in [5.41, 5.74) is 1.81. The minimum atomic E-state index is -0.00956. The predicted octanol–water partition coefficient (Wildman–Crippen LogP) is 4.90. The molecule has 0 fully saturated rings. The smallest absolute Gasteiger partial charge is 0.255 e. The number of amides is 1. The van der Waals surface area contributed by atoms with Crippen molar-refractivity contribution in [3.63, 3.8) is 0 Å². The zero-order chi connectivity index (χ0) is 15.4. The molecule has 0 saturated heterocycles. The summed E-state index contributed by atoms with van der Waals surface area (Å²) in [6.45, 7) is 2.02. The van der Waals surface area contributed by atoms with E-state index in [1.807, 2.05) is 68.8 Å². The molecule has 1 atom stereocenters. The molecule has 0 aliphatic carbocycles. The number of benzene rings is 2. The normalized spacial score (nSPS) is 12.0. The van der Waals surface area contributed by atoms with Crippen molar-refractivity contribution in [2.75, 3.05) is 13.3 Å². The molecular weight excluding hydrogens is 302 g/mol. The van der Waals surface area contributed by atoms with E-state index >= 15 is 0 Å². The van der Waals surface area contributed by atoms with E-state index in [4.69, 9.17) is 11.6 Å². The van der Waals surface area contributed by atoms with Crippen molar-refractivity contribution in [1.29, 1.82) is 0 Å². The van der Waals surface area contributed by atoms with Gasteiger partial charge in [-0.2, -0.15) is 0 Å². The molecule has 0 aliphatic heterocycles.